The second-order valence-electron chi connectivity index (χ2n) is 4.25. The molecule has 0 aliphatic carbocycles. The van der Waals surface area contributed by atoms with Crippen LogP contribution in [0.15, 0.2) is 6.07 Å². The van der Waals surface area contributed by atoms with Gasteiger partial charge in [-0.3, -0.25) is 9.89 Å². The van der Waals surface area contributed by atoms with Crippen molar-refractivity contribution in [2.45, 2.75) is 45.6 Å². The van der Waals surface area contributed by atoms with Crippen molar-refractivity contribution in [3.63, 3.8) is 0 Å². The third-order valence-electron chi connectivity index (χ3n) is 2.41. The molecule has 1 amide bonds. The van der Waals surface area contributed by atoms with Gasteiger partial charge in [0.25, 0.3) is 0 Å². The van der Waals surface area contributed by atoms with Crippen molar-refractivity contribution in [2.24, 2.45) is 5.73 Å². The highest BCUT2D eigenvalue weighted by molar-refractivity contribution is 5.93. The molecule has 0 aromatic carbocycles. The van der Waals surface area contributed by atoms with Crippen molar-refractivity contribution in [3.8, 4) is 0 Å². The number of hydrogen-bond donors (Lipinski definition) is 3. The monoisotopic (exact) mass is 224 g/mol. The summed E-state index contributed by atoms with van der Waals surface area (Å²) in [6.45, 7) is 6.11. The minimum atomic E-state index is -0.454. The van der Waals surface area contributed by atoms with Crippen LogP contribution in [0.3, 0.4) is 0 Å². The number of aromatic amines is 1. The molecule has 0 fully saturated rings. The predicted molar refractivity (Wildman–Crippen MR) is 64.2 cm³/mol. The summed E-state index contributed by atoms with van der Waals surface area (Å²) >= 11 is 0. The molecular weight excluding hydrogens is 204 g/mol. The SMILES string of the molecule is CCC[C@@H](N)C(=O)Nc1cc(C(C)C)[nH]n1. The molecule has 4 N–H and O–H groups in total. The summed E-state index contributed by atoms with van der Waals surface area (Å²) in [5, 5.41) is 9.58. The Morgan fingerprint density at radius 3 is 2.81 bits per heavy atom. The van der Waals surface area contributed by atoms with E-state index >= 15 is 0 Å². The molecule has 0 unspecified atom stereocenters. The van der Waals surface area contributed by atoms with Gasteiger partial charge in [0.1, 0.15) is 0 Å². The summed E-state index contributed by atoms with van der Waals surface area (Å²) in [7, 11) is 0. The molecule has 0 aliphatic rings. The quantitative estimate of drug-likeness (QED) is 0.710. The molecule has 1 heterocycles. The van der Waals surface area contributed by atoms with Gasteiger partial charge in [-0.15, -0.1) is 0 Å². The van der Waals surface area contributed by atoms with Gasteiger partial charge in [0, 0.05) is 11.8 Å². The Morgan fingerprint density at radius 1 is 1.62 bits per heavy atom. The zero-order valence-corrected chi connectivity index (χ0v) is 10.1. The summed E-state index contributed by atoms with van der Waals surface area (Å²) < 4.78 is 0. The van der Waals surface area contributed by atoms with E-state index in [1.54, 1.807) is 0 Å². The third kappa shape index (κ3) is 3.34. The van der Waals surface area contributed by atoms with Crippen LogP contribution in [0.2, 0.25) is 0 Å². The minimum absolute atomic E-state index is 0.177. The molecule has 0 saturated heterocycles. The summed E-state index contributed by atoms with van der Waals surface area (Å²) in [6.07, 6.45) is 1.58. The van der Waals surface area contributed by atoms with Gasteiger partial charge in [-0.1, -0.05) is 27.2 Å². The zero-order chi connectivity index (χ0) is 12.1. The maximum atomic E-state index is 11.6. The zero-order valence-electron chi connectivity index (χ0n) is 10.1. The number of nitrogens with one attached hydrogen (secondary N) is 2. The van der Waals surface area contributed by atoms with Crippen molar-refractivity contribution < 1.29 is 4.79 Å². The second kappa shape index (κ2) is 5.65. The van der Waals surface area contributed by atoms with E-state index in [2.05, 4.69) is 29.4 Å². The summed E-state index contributed by atoms with van der Waals surface area (Å²) in [4.78, 5) is 11.6. The van der Waals surface area contributed by atoms with Crippen molar-refractivity contribution in [3.05, 3.63) is 11.8 Å². The van der Waals surface area contributed by atoms with E-state index in [0.29, 0.717) is 18.2 Å². The lowest BCUT2D eigenvalue weighted by Gasteiger charge is -2.08. The van der Waals surface area contributed by atoms with Crippen molar-refractivity contribution in [2.75, 3.05) is 5.32 Å². The van der Waals surface area contributed by atoms with Crippen molar-refractivity contribution in [1.29, 1.82) is 0 Å². The fraction of sp³-hybridized carbons (Fsp3) is 0.636. The fourth-order valence-electron chi connectivity index (χ4n) is 1.36. The lowest BCUT2D eigenvalue weighted by atomic mass is 10.1. The van der Waals surface area contributed by atoms with Crippen LogP contribution < -0.4 is 11.1 Å². The molecule has 16 heavy (non-hydrogen) atoms. The van der Waals surface area contributed by atoms with Gasteiger partial charge in [-0.25, -0.2) is 0 Å². The van der Waals surface area contributed by atoms with E-state index in [1.165, 1.54) is 0 Å². The Hall–Kier alpha value is -1.36. The highest BCUT2D eigenvalue weighted by Crippen LogP contribution is 2.14. The molecular formula is C11H20N4O. The average Bonchev–Trinajstić information content (AvgIpc) is 2.66. The first-order valence-corrected chi connectivity index (χ1v) is 5.66. The molecule has 5 heteroatoms. The molecule has 0 saturated carbocycles. The first-order chi connectivity index (χ1) is 7.54. The molecule has 1 aromatic heterocycles. The van der Waals surface area contributed by atoms with Crippen LogP contribution in [-0.4, -0.2) is 22.1 Å². The largest absolute Gasteiger partial charge is 0.320 e. The number of H-pyrrole nitrogens is 1. The lowest BCUT2D eigenvalue weighted by molar-refractivity contribution is -0.117. The van der Waals surface area contributed by atoms with Crippen LogP contribution >= 0.6 is 0 Å². The Morgan fingerprint density at radius 2 is 2.31 bits per heavy atom. The van der Waals surface area contributed by atoms with Crippen LogP contribution in [-0.2, 0) is 4.79 Å². The number of anilines is 1. The van der Waals surface area contributed by atoms with Gasteiger partial charge in [0.05, 0.1) is 6.04 Å². The normalized spacial score (nSPS) is 12.8. The molecule has 90 valence electrons. The Kier molecular flexibility index (Phi) is 4.49. The first-order valence-electron chi connectivity index (χ1n) is 5.66. The Labute approximate surface area is 95.8 Å². The molecule has 0 aliphatic heterocycles. The molecule has 1 aromatic rings. The number of carbonyl (C=O) groups excluding carboxylic acids is 1. The molecule has 1 atom stereocenters. The number of carbonyl (C=O) groups is 1. The smallest absolute Gasteiger partial charge is 0.242 e. The van der Waals surface area contributed by atoms with Crippen LogP contribution in [0.25, 0.3) is 0 Å². The predicted octanol–water partition coefficient (Wildman–Crippen LogP) is 1.60. The van der Waals surface area contributed by atoms with Gasteiger partial charge in [0.2, 0.25) is 5.91 Å². The standard InChI is InChI=1S/C11H20N4O/c1-4-5-8(12)11(16)13-10-6-9(7(2)3)14-15-10/h6-8H,4-5,12H2,1-3H3,(H2,13,14,15,16)/t8-/m1/s1. The second-order valence-corrected chi connectivity index (χ2v) is 4.25. The van der Waals surface area contributed by atoms with E-state index in [9.17, 15) is 4.79 Å². The van der Waals surface area contributed by atoms with Crippen LogP contribution in [0.4, 0.5) is 5.82 Å². The van der Waals surface area contributed by atoms with E-state index in [1.807, 2.05) is 13.0 Å². The summed E-state index contributed by atoms with van der Waals surface area (Å²) in [5.41, 5.74) is 6.69. The highest BCUT2D eigenvalue weighted by Gasteiger charge is 2.14. The number of hydrogen-bond acceptors (Lipinski definition) is 3. The molecule has 5 nitrogen and oxygen atoms in total. The topological polar surface area (TPSA) is 83.8 Å². The Bertz CT molecular complexity index is 346. The van der Waals surface area contributed by atoms with E-state index in [-0.39, 0.29) is 5.91 Å². The van der Waals surface area contributed by atoms with Gasteiger partial charge < -0.3 is 11.1 Å². The molecule has 0 bridgehead atoms. The molecule has 1 rings (SSSR count). The number of rotatable bonds is 5. The first kappa shape index (κ1) is 12.7. The maximum Gasteiger partial charge on any atom is 0.242 e. The summed E-state index contributed by atoms with van der Waals surface area (Å²) in [5.74, 6) is 0.728. The van der Waals surface area contributed by atoms with Crippen molar-refractivity contribution >= 4 is 11.7 Å². The van der Waals surface area contributed by atoms with Gasteiger partial charge in [-0.2, -0.15) is 5.10 Å². The maximum absolute atomic E-state index is 11.6. The fourth-order valence-corrected chi connectivity index (χ4v) is 1.36. The lowest BCUT2D eigenvalue weighted by Crippen LogP contribution is -2.35. The van der Waals surface area contributed by atoms with E-state index in [0.717, 1.165) is 12.1 Å². The van der Waals surface area contributed by atoms with Gasteiger partial charge >= 0.3 is 0 Å². The number of nitrogens with two attached hydrogens (primary N) is 1. The van der Waals surface area contributed by atoms with E-state index in [4.69, 9.17) is 5.73 Å². The van der Waals surface area contributed by atoms with Gasteiger partial charge in [-0.05, 0) is 12.3 Å². The third-order valence-corrected chi connectivity index (χ3v) is 2.41. The number of amides is 1. The highest BCUT2D eigenvalue weighted by atomic mass is 16.2. The van der Waals surface area contributed by atoms with E-state index < -0.39 is 6.04 Å². The van der Waals surface area contributed by atoms with Crippen LogP contribution in [0.5, 0.6) is 0 Å². The van der Waals surface area contributed by atoms with Gasteiger partial charge in [0.15, 0.2) is 5.82 Å². The molecule has 0 spiro atoms. The summed E-state index contributed by atoms with van der Waals surface area (Å²) in [6, 6.07) is 1.38. The number of nitrogens with zero attached hydrogens (tertiary/aromatic N) is 1. The van der Waals surface area contributed by atoms with Crippen molar-refractivity contribution in [1.82, 2.24) is 10.2 Å². The number of aromatic nitrogens is 2. The molecule has 0 radical (unpaired) electrons. The minimum Gasteiger partial charge on any atom is -0.320 e. The van der Waals surface area contributed by atoms with Crippen LogP contribution in [0, 0.1) is 0 Å². The average molecular weight is 224 g/mol. The Balaban J connectivity index is 2.56. The van der Waals surface area contributed by atoms with Crippen LogP contribution in [0.1, 0.15) is 45.2 Å².